The second-order valence-electron chi connectivity index (χ2n) is 9.90. The van der Waals surface area contributed by atoms with Gasteiger partial charge in [0.05, 0.1) is 16.0 Å². The van der Waals surface area contributed by atoms with Gasteiger partial charge in [-0.3, -0.25) is 14.5 Å². The largest absolute Gasteiger partial charge is 0.416 e. The normalized spacial score (nSPS) is 22.9. The molecule has 2 fully saturated rings. The number of hydrogen-bond acceptors (Lipinski definition) is 5. The molecule has 3 aliphatic heterocycles. The number of thioether (sulfide) groups is 1. The molecule has 2 amide bonds. The Hall–Kier alpha value is -2.54. The van der Waals surface area contributed by atoms with Crippen molar-refractivity contribution in [2.24, 2.45) is 10.9 Å². The predicted octanol–water partition coefficient (Wildman–Crippen LogP) is 5.64. The summed E-state index contributed by atoms with van der Waals surface area (Å²) < 4.78 is 79.4. The highest BCUT2D eigenvalue weighted by atomic mass is 32.2. The van der Waals surface area contributed by atoms with Crippen molar-refractivity contribution in [2.45, 2.75) is 50.6 Å². The lowest BCUT2D eigenvalue weighted by atomic mass is 9.95. The van der Waals surface area contributed by atoms with Crippen molar-refractivity contribution in [3.05, 3.63) is 45.9 Å². The Morgan fingerprint density at radius 1 is 1.08 bits per heavy atom. The summed E-state index contributed by atoms with van der Waals surface area (Å²) >= 11 is 1.01. The summed E-state index contributed by atoms with van der Waals surface area (Å²) in [6, 6.07) is 1.38. The number of amides is 2. The first-order valence-electron chi connectivity index (χ1n) is 12.2. The van der Waals surface area contributed by atoms with Gasteiger partial charge in [-0.15, -0.1) is 0 Å². The maximum Gasteiger partial charge on any atom is 0.416 e. The number of allylic oxidation sites excluding steroid dienone is 1. The zero-order chi connectivity index (χ0) is 27.8. The van der Waals surface area contributed by atoms with E-state index in [1.54, 1.807) is 19.0 Å². The maximum absolute atomic E-state index is 13.5. The summed E-state index contributed by atoms with van der Waals surface area (Å²) in [6.45, 7) is 1.40. The first kappa shape index (κ1) is 28.5. The van der Waals surface area contributed by atoms with Gasteiger partial charge in [0.2, 0.25) is 5.91 Å². The maximum atomic E-state index is 13.5. The van der Waals surface area contributed by atoms with Gasteiger partial charge in [0.15, 0.2) is 0 Å². The monoisotopic (exact) mass is 562 g/mol. The number of halogens is 6. The van der Waals surface area contributed by atoms with Gasteiger partial charge in [0, 0.05) is 27.2 Å². The van der Waals surface area contributed by atoms with E-state index >= 15 is 0 Å². The van der Waals surface area contributed by atoms with Crippen LogP contribution in [-0.4, -0.2) is 71.5 Å². The SMILES string of the molecule is CN(C)C(=O)[C@@H]1CCCN1C1=NC(=O)SC1=CC1CCN(Cc2ccc(C(F)(F)F)cc2C(F)(F)F)CC1. The molecule has 0 aliphatic carbocycles. The summed E-state index contributed by atoms with van der Waals surface area (Å²) in [4.78, 5) is 34.8. The lowest BCUT2D eigenvalue weighted by Crippen LogP contribution is -2.45. The molecule has 0 radical (unpaired) electrons. The third kappa shape index (κ3) is 6.36. The number of likely N-dealkylation sites (N-methyl/N-ethyl adjacent to an activating group) is 1. The van der Waals surface area contributed by atoms with E-state index in [1.807, 2.05) is 11.0 Å². The predicted molar refractivity (Wildman–Crippen MR) is 131 cm³/mol. The van der Waals surface area contributed by atoms with Crippen LogP contribution in [0.4, 0.5) is 31.1 Å². The number of hydrogen-bond donors (Lipinski definition) is 0. The molecule has 0 saturated carbocycles. The van der Waals surface area contributed by atoms with Crippen LogP contribution in [0.1, 0.15) is 42.4 Å². The van der Waals surface area contributed by atoms with E-state index in [0.29, 0.717) is 55.7 Å². The van der Waals surface area contributed by atoms with Gasteiger partial charge >= 0.3 is 17.6 Å². The number of carbonyl (C=O) groups excluding carboxylic acids is 2. The van der Waals surface area contributed by atoms with Crippen LogP contribution in [0.15, 0.2) is 34.2 Å². The fourth-order valence-corrected chi connectivity index (χ4v) is 5.92. The lowest BCUT2D eigenvalue weighted by Gasteiger charge is -2.32. The number of rotatable bonds is 4. The second-order valence-corrected chi connectivity index (χ2v) is 10.9. The number of nitrogens with zero attached hydrogens (tertiary/aromatic N) is 4. The fraction of sp³-hybridized carbons (Fsp3) is 0.560. The van der Waals surface area contributed by atoms with Crippen molar-refractivity contribution in [3.8, 4) is 0 Å². The molecule has 208 valence electrons. The number of piperidine rings is 1. The number of carbonyl (C=O) groups is 2. The molecule has 0 spiro atoms. The minimum atomic E-state index is -4.90. The van der Waals surface area contributed by atoms with Crippen molar-refractivity contribution < 1.29 is 35.9 Å². The summed E-state index contributed by atoms with van der Waals surface area (Å²) in [7, 11) is 3.37. The average Bonchev–Trinajstić information content (AvgIpc) is 3.44. The van der Waals surface area contributed by atoms with Gasteiger partial charge in [-0.25, -0.2) is 0 Å². The van der Waals surface area contributed by atoms with E-state index in [2.05, 4.69) is 4.99 Å². The van der Waals surface area contributed by atoms with Crippen LogP contribution in [0.3, 0.4) is 0 Å². The van der Waals surface area contributed by atoms with Crippen LogP contribution < -0.4 is 0 Å². The van der Waals surface area contributed by atoms with Gasteiger partial charge in [0.1, 0.15) is 11.9 Å². The van der Waals surface area contributed by atoms with E-state index in [9.17, 15) is 35.9 Å². The average molecular weight is 563 g/mol. The molecule has 0 N–H and O–H groups in total. The summed E-state index contributed by atoms with van der Waals surface area (Å²) in [5.41, 5.74) is -2.79. The van der Waals surface area contributed by atoms with Crippen molar-refractivity contribution in [1.82, 2.24) is 14.7 Å². The Bertz CT molecular complexity index is 1140. The van der Waals surface area contributed by atoms with Crippen LogP contribution >= 0.6 is 11.8 Å². The molecule has 1 aromatic carbocycles. The van der Waals surface area contributed by atoms with E-state index in [4.69, 9.17) is 0 Å². The second kappa shape index (κ2) is 10.9. The zero-order valence-electron chi connectivity index (χ0n) is 20.9. The smallest absolute Gasteiger partial charge is 0.347 e. The Balaban J connectivity index is 1.43. The molecule has 0 unspecified atom stereocenters. The van der Waals surface area contributed by atoms with Crippen LogP contribution in [0.2, 0.25) is 0 Å². The highest BCUT2D eigenvalue weighted by Gasteiger charge is 2.40. The molecule has 4 rings (SSSR count). The molecule has 0 aromatic heterocycles. The Kier molecular flexibility index (Phi) is 8.17. The highest BCUT2D eigenvalue weighted by Crippen LogP contribution is 2.39. The van der Waals surface area contributed by atoms with Crippen LogP contribution in [0.5, 0.6) is 0 Å². The van der Waals surface area contributed by atoms with E-state index in [-0.39, 0.29) is 41.3 Å². The topological polar surface area (TPSA) is 56.2 Å². The molecular formula is C25H28F6N4O2S. The number of benzene rings is 1. The Morgan fingerprint density at radius 3 is 2.37 bits per heavy atom. The number of aliphatic imine (C=N–C) groups is 1. The molecule has 13 heteroatoms. The van der Waals surface area contributed by atoms with Crippen molar-refractivity contribution in [2.75, 3.05) is 33.7 Å². The minimum Gasteiger partial charge on any atom is -0.347 e. The molecule has 38 heavy (non-hydrogen) atoms. The molecule has 2 saturated heterocycles. The molecule has 0 bridgehead atoms. The van der Waals surface area contributed by atoms with E-state index in [0.717, 1.165) is 24.2 Å². The first-order valence-corrected chi connectivity index (χ1v) is 13.1. The highest BCUT2D eigenvalue weighted by molar-refractivity contribution is 8.18. The molecule has 3 aliphatic rings. The quantitative estimate of drug-likeness (QED) is 0.445. The van der Waals surface area contributed by atoms with Crippen molar-refractivity contribution in [3.63, 3.8) is 0 Å². The van der Waals surface area contributed by atoms with Gasteiger partial charge in [-0.2, -0.15) is 31.3 Å². The molecule has 1 aromatic rings. The van der Waals surface area contributed by atoms with Crippen molar-refractivity contribution >= 4 is 28.7 Å². The number of likely N-dealkylation sites (tertiary alicyclic amines) is 2. The van der Waals surface area contributed by atoms with Gasteiger partial charge in [-0.05, 0) is 74.1 Å². The summed E-state index contributed by atoms with van der Waals surface area (Å²) in [6.07, 6.45) is -5.12. The van der Waals surface area contributed by atoms with Crippen LogP contribution in [-0.2, 0) is 23.7 Å². The summed E-state index contributed by atoms with van der Waals surface area (Å²) in [5.74, 6) is 0.494. The fourth-order valence-electron chi connectivity index (χ4n) is 5.08. The third-order valence-electron chi connectivity index (χ3n) is 7.02. The minimum absolute atomic E-state index is 0.0464. The Morgan fingerprint density at radius 2 is 1.76 bits per heavy atom. The van der Waals surface area contributed by atoms with Gasteiger partial charge in [-0.1, -0.05) is 12.1 Å². The first-order chi connectivity index (χ1) is 17.7. The zero-order valence-corrected chi connectivity index (χ0v) is 21.7. The van der Waals surface area contributed by atoms with Gasteiger partial charge in [0.25, 0.3) is 0 Å². The third-order valence-corrected chi connectivity index (χ3v) is 7.83. The van der Waals surface area contributed by atoms with Crippen molar-refractivity contribution in [1.29, 1.82) is 0 Å². The molecule has 6 nitrogen and oxygen atoms in total. The van der Waals surface area contributed by atoms with Crippen LogP contribution in [0.25, 0.3) is 0 Å². The molecule has 1 atom stereocenters. The summed E-state index contributed by atoms with van der Waals surface area (Å²) in [5, 5.41) is -0.353. The number of alkyl halides is 6. The van der Waals surface area contributed by atoms with E-state index in [1.165, 1.54) is 4.90 Å². The van der Waals surface area contributed by atoms with Crippen LogP contribution in [0, 0.1) is 5.92 Å². The Labute approximate surface area is 220 Å². The van der Waals surface area contributed by atoms with E-state index < -0.39 is 23.5 Å². The number of amidine groups is 1. The lowest BCUT2D eigenvalue weighted by molar-refractivity contribution is -0.143. The standard InChI is InChI=1S/C25H28F6N4O2S/c1-33(2)22(36)19-4-3-9-35(19)21-20(38-23(37)32-21)12-15-7-10-34(11-8-15)14-16-5-6-17(24(26,27)28)13-18(16)25(29,30)31/h5-6,12-13,15,19H,3-4,7-11,14H2,1-2H3/t19-/m0/s1. The van der Waals surface area contributed by atoms with Gasteiger partial charge < -0.3 is 9.80 Å². The molecular weight excluding hydrogens is 534 g/mol. The molecule has 3 heterocycles.